The second-order valence-electron chi connectivity index (χ2n) is 5.71. The monoisotopic (exact) mass is 341 g/mol. The van der Waals surface area contributed by atoms with Gasteiger partial charge in [0.25, 0.3) is 10.0 Å². The molecule has 1 N–H and O–H groups in total. The summed E-state index contributed by atoms with van der Waals surface area (Å²) in [5.74, 6) is 0. The first kappa shape index (κ1) is 16.3. The third-order valence-corrected chi connectivity index (χ3v) is 5.31. The average molecular weight is 341 g/mol. The Kier molecular flexibility index (Phi) is 4.40. The Morgan fingerprint density at radius 3 is 2.54 bits per heavy atom. The van der Waals surface area contributed by atoms with Crippen LogP contribution in [-0.4, -0.2) is 18.2 Å². The number of para-hydroxylation sites is 1. The SMILES string of the molecule is Cc1ccc(S(=O)(=O)Nc2ccccc2Cn2cccn2)cc1C. The van der Waals surface area contributed by atoms with Crippen LogP contribution in [0.5, 0.6) is 0 Å². The third-order valence-electron chi connectivity index (χ3n) is 3.94. The minimum Gasteiger partial charge on any atom is -0.279 e. The summed E-state index contributed by atoms with van der Waals surface area (Å²) in [6, 6.07) is 14.3. The van der Waals surface area contributed by atoms with E-state index < -0.39 is 10.0 Å². The van der Waals surface area contributed by atoms with Crippen molar-refractivity contribution in [1.82, 2.24) is 9.78 Å². The van der Waals surface area contributed by atoms with Gasteiger partial charge < -0.3 is 0 Å². The van der Waals surface area contributed by atoms with E-state index in [0.29, 0.717) is 12.2 Å². The molecule has 0 aliphatic heterocycles. The lowest BCUT2D eigenvalue weighted by Gasteiger charge is -2.13. The summed E-state index contributed by atoms with van der Waals surface area (Å²) in [6.07, 6.45) is 3.54. The Bertz CT molecular complexity index is 948. The first-order chi connectivity index (χ1) is 11.5. The topological polar surface area (TPSA) is 64.0 Å². The van der Waals surface area contributed by atoms with Crippen LogP contribution in [-0.2, 0) is 16.6 Å². The van der Waals surface area contributed by atoms with Crippen molar-refractivity contribution in [2.45, 2.75) is 25.3 Å². The van der Waals surface area contributed by atoms with Crippen LogP contribution in [0.3, 0.4) is 0 Å². The highest BCUT2D eigenvalue weighted by atomic mass is 32.2. The summed E-state index contributed by atoms with van der Waals surface area (Å²) >= 11 is 0. The summed E-state index contributed by atoms with van der Waals surface area (Å²) in [5.41, 5.74) is 3.43. The predicted molar refractivity (Wildman–Crippen MR) is 94.5 cm³/mol. The number of sulfonamides is 1. The molecule has 2 aromatic carbocycles. The Morgan fingerprint density at radius 1 is 1.04 bits per heavy atom. The fraction of sp³-hybridized carbons (Fsp3) is 0.167. The maximum Gasteiger partial charge on any atom is 0.261 e. The number of anilines is 1. The quantitative estimate of drug-likeness (QED) is 0.774. The van der Waals surface area contributed by atoms with Gasteiger partial charge in [-0.1, -0.05) is 24.3 Å². The lowest BCUT2D eigenvalue weighted by atomic mass is 10.1. The zero-order valence-corrected chi connectivity index (χ0v) is 14.4. The van der Waals surface area contributed by atoms with Crippen molar-refractivity contribution in [2.75, 3.05) is 4.72 Å². The molecule has 3 aromatic rings. The number of hydrogen-bond acceptors (Lipinski definition) is 3. The van der Waals surface area contributed by atoms with Crippen LogP contribution in [0.15, 0.2) is 65.8 Å². The molecule has 0 atom stereocenters. The van der Waals surface area contributed by atoms with Crippen molar-refractivity contribution in [3.8, 4) is 0 Å². The fourth-order valence-electron chi connectivity index (χ4n) is 2.41. The van der Waals surface area contributed by atoms with Crippen LogP contribution in [0.25, 0.3) is 0 Å². The van der Waals surface area contributed by atoms with Gasteiger partial charge in [-0.15, -0.1) is 0 Å². The maximum atomic E-state index is 12.7. The predicted octanol–water partition coefficient (Wildman–Crippen LogP) is 3.35. The second-order valence-corrected chi connectivity index (χ2v) is 7.39. The molecule has 5 nitrogen and oxygen atoms in total. The number of benzene rings is 2. The van der Waals surface area contributed by atoms with E-state index in [1.54, 1.807) is 29.1 Å². The first-order valence-corrected chi connectivity index (χ1v) is 9.09. The molecular weight excluding hydrogens is 322 g/mol. The molecule has 0 bridgehead atoms. The van der Waals surface area contributed by atoms with Crippen molar-refractivity contribution in [3.63, 3.8) is 0 Å². The first-order valence-electron chi connectivity index (χ1n) is 7.61. The van der Waals surface area contributed by atoms with Gasteiger partial charge in [0, 0.05) is 12.4 Å². The van der Waals surface area contributed by atoms with E-state index in [2.05, 4.69) is 9.82 Å². The van der Waals surface area contributed by atoms with E-state index in [-0.39, 0.29) is 4.90 Å². The molecule has 1 heterocycles. The number of hydrogen-bond donors (Lipinski definition) is 1. The average Bonchev–Trinajstić information content (AvgIpc) is 3.04. The molecule has 0 radical (unpaired) electrons. The van der Waals surface area contributed by atoms with Crippen molar-refractivity contribution in [2.24, 2.45) is 0 Å². The zero-order chi connectivity index (χ0) is 17.2. The fourth-order valence-corrected chi connectivity index (χ4v) is 3.60. The van der Waals surface area contributed by atoms with Gasteiger partial charge in [0.2, 0.25) is 0 Å². The number of nitrogens with zero attached hydrogens (tertiary/aromatic N) is 2. The molecule has 124 valence electrons. The molecule has 0 aliphatic rings. The highest BCUT2D eigenvalue weighted by molar-refractivity contribution is 7.92. The van der Waals surface area contributed by atoms with E-state index in [4.69, 9.17) is 0 Å². The van der Waals surface area contributed by atoms with Crippen LogP contribution in [0, 0.1) is 13.8 Å². The third kappa shape index (κ3) is 3.49. The summed E-state index contributed by atoms with van der Waals surface area (Å²) in [5, 5.41) is 4.17. The van der Waals surface area contributed by atoms with Crippen molar-refractivity contribution < 1.29 is 8.42 Å². The van der Waals surface area contributed by atoms with Crippen molar-refractivity contribution in [3.05, 3.63) is 77.6 Å². The molecule has 0 spiro atoms. The van der Waals surface area contributed by atoms with E-state index in [0.717, 1.165) is 16.7 Å². The van der Waals surface area contributed by atoms with E-state index in [1.807, 2.05) is 50.4 Å². The normalized spacial score (nSPS) is 11.4. The highest BCUT2D eigenvalue weighted by Crippen LogP contribution is 2.22. The lowest BCUT2D eigenvalue weighted by molar-refractivity contribution is 0.601. The van der Waals surface area contributed by atoms with E-state index in [1.165, 1.54) is 0 Å². The van der Waals surface area contributed by atoms with Gasteiger partial charge in [-0.3, -0.25) is 9.40 Å². The Balaban J connectivity index is 1.91. The van der Waals surface area contributed by atoms with Crippen molar-refractivity contribution >= 4 is 15.7 Å². The summed E-state index contributed by atoms with van der Waals surface area (Å²) in [7, 11) is -3.63. The van der Waals surface area contributed by atoms with Gasteiger partial charge in [-0.25, -0.2) is 8.42 Å². The van der Waals surface area contributed by atoms with Gasteiger partial charge in [0.15, 0.2) is 0 Å². The molecule has 0 fully saturated rings. The van der Waals surface area contributed by atoms with Crippen molar-refractivity contribution in [1.29, 1.82) is 0 Å². The number of aryl methyl sites for hydroxylation is 2. The molecule has 3 rings (SSSR count). The molecule has 0 saturated heterocycles. The molecular formula is C18H19N3O2S. The molecule has 0 saturated carbocycles. The summed E-state index contributed by atoms with van der Waals surface area (Å²) < 4.78 is 29.8. The number of rotatable bonds is 5. The van der Waals surface area contributed by atoms with Crippen LogP contribution in [0.1, 0.15) is 16.7 Å². The lowest BCUT2D eigenvalue weighted by Crippen LogP contribution is -2.15. The van der Waals surface area contributed by atoms with E-state index >= 15 is 0 Å². The smallest absolute Gasteiger partial charge is 0.261 e. The number of nitrogens with one attached hydrogen (secondary N) is 1. The van der Waals surface area contributed by atoms with Crippen LogP contribution < -0.4 is 4.72 Å². The molecule has 0 unspecified atom stereocenters. The number of aromatic nitrogens is 2. The summed E-state index contributed by atoms with van der Waals surface area (Å²) in [6.45, 7) is 4.36. The van der Waals surface area contributed by atoms with Gasteiger partial charge in [0.1, 0.15) is 0 Å². The Hall–Kier alpha value is -2.60. The molecule has 6 heteroatoms. The van der Waals surface area contributed by atoms with Gasteiger partial charge in [-0.05, 0) is 54.8 Å². The zero-order valence-electron chi connectivity index (χ0n) is 13.6. The molecule has 1 aromatic heterocycles. The molecule has 0 aliphatic carbocycles. The maximum absolute atomic E-state index is 12.7. The van der Waals surface area contributed by atoms with Gasteiger partial charge >= 0.3 is 0 Å². The molecule has 0 amide bonds. The largest absolute Gasteiger partial charge is 0.279 e. The standard InChI is InChI=1S/C18H19N3O2S/c1-14-8-9-17(12-15(14)2)24(22,23)20-18-7-4-3-6-16(18)13-21-11-5-10-19-21/h3-12,20H,13H2,1-2H3. The highest BCUT2D eigenvalue weighted by Gasteiger charge is 2.16. The Labute approximate surface area is 142 Å². The minimum atomic E-state index is -3.63. The molecule has 24 heavy (non-hydrogen) atoms. The Morgan fingerprint density at radius 2 is 1.83 bits per heavy atom. The van der Waals surface area contributed by atoms with Gasteiger partial charge in [-0.2, -0.15) is 5.10 Å². The van der Waals surface area contributed by atoms with Crippen LogP contribution >= 0.6 is 0 Å². The van der Waals surface area contributed by atoms with E-state index in [9.17, 15) is 8.42 Å². The van der Waals surface area contributed by atoms with Gasteiger partial charge in [0.05, 0.1) is 17.1 Å². The van der Waals surface area contributed by atoms with Crippen LogP contribution in [0.2, 0.25) is 0 Å². The second kappa shape index (κ2) is 6.49. The summed E-state index contributed by atoms with van der Waals surface area (Å²) in [4.78, 5) is 0.263. The minimum absolute atomic E-state index is 0.263. The van der Waals surface area contributed by atoms with Crippen LogP contribution in [0.4, 0.5) is 5.69 Å².